The Morgan fingerprint density at radius 1 is 1.04 bits per heavy atom. The molecule has 7 heteroatoms. The van der Waals surface area contributed by atoms with Crippen LogP contribution < -0.4 is 11.1 Å². The summed E-state index contributed by atoms with van der Waals surface area (Å²) < 4.78 is 13.0. The summed E-state index contributed by atoms with van der Waals surface area (Å²) in [6.45, 7) is 0. The molecule has 4 aromatic rings. The Bertz CT molecular complexity index is 1140. The van der Waals surface area contributed by atoms with E-state index in [2.05, 4.69) is 10.3 Å². The number of amides is 1. The van der Waals surface area contributed by atoms with Crippen LogP contribution in [0.15, 0.2) is 60.7 Å². The smallest absolute Gasteiger partial charge is 0.267 e. The molecule has 27 heavy (non-hydrogen) atoms. The predicted molar refractivity (Wildman–Crippen MR) is 109 cm³/mol. The number of thiophene rings is 1. The van der Waals surface area contributed by atoms with Gasteiger partial charge in [0.1, 0.15) is 15.5 Å². The third-order valence-corrected chi connectivity index (χ3v) is 5.41. The maximum absolute atomic E-state index is 13.0. The minimum absolute atomic E-state index is 0.352. The first-order chi connectivity index (χ1) is 13.0. The minimum atomic E-state index is -0.367. The van der Waals surface area contributed by atoms with E-state index < -0.39 is 0 Å². The SMILES string of the molecule is Nc1c(C(=O)Nc2ccc(F)cc2)sc2nc(-c3ccc(Cl)cc3)ccc12. The van der Waals surface area contributed by atoms with Crippen molar-refractivity contribution in [2.75, 3.05) is 11.1 Å². The Balaban J connectivity index is 1.67. The van der Waals surface area contributed by atoms with Crippen LogP contribution in [-0.4, -0.2) is 10.9 Å². The van der Waals surface area contributed by atoms with Crippen LogP contribution in [0.3, 0.4) is 0 Å². The average Bonchev–Trinajstić information content (AvgIpc) is 3.00. The van der Waals surface area contributed by atoms with Crippen molar-refractivity contribution in [1.29, 1.82) is 0 Å². The van der Waals surface area contributed by atoms with Gasteiger partial charge in [-0.15, -0.1) is 11.3 Å². The van der Waals surface area contributed by atoms with Gasteiger partial charge in [0, 0.05) is 21.7 Å². The molecular formula is C20H13ClFN3OS. The predicted octanol–water partition coefficient (Wildman–Crippen LogP) is 5.59. The lowest BCUT2D eigenvalue weighted by molar-refractivity contribution is 0.103. The lowest BCUT2D eigenvalue weighted by Gasteiger charge is -2.04. The summed E-state index contributed by atoms with van der Waals surface area (Å²) in [5.74, 6) is -0.719. The highest BCUT2D eigenvalue weighted by molar-refractivity contribution is 7.21. The number of nitrogens with two attached hydrogens (primary N) is 1. The quantitative estimate of drug-likeness (QED) is 0.473. The van der Waals surface area contributed by atoms with Gasteiger partial charge in [0.2, 0.25) is 0 Å². The van der Waals surface area contributed by atoms with Crippen LogP contribution in [0.5, 0.6) is 0 Å². The molecule has 4 rings (SSSR count). The molecule has 134 valence electrons. The number of aromatic nitrogens is 1. The van der Waals surface area contributed by atoms with E-state index in [9.17, 15) is 9.18 Å². The van der Waals surface area contributed by atoms with E-state index in [0.29, 0.717) is 26.1 Å². The molecule has 0 fully saturated rings. The normalized spacial score (nSPS) is 10.9. The van der Waals surface area contributed by atoms with Gasteiger partial charge >= 0.3 is 0 Å². The van der Waals surface area contributed by atoms with E-state index in [-0.39, 0.29) is 11.7 Å². The molecule has 0 aliphatic rings. The molecule has 4 nitrogen and oxygen atoms in total. The lowest BCUT2D eigenvalue weighted by Crippen LogP contribution is -2.11. The zero-order valence-electron chi connectivity index (χ0n) is 13.9. The number of carbonyl (C=O) groups excluding carboxylic acids is 1. The van der Waals surface area contributed by atoms with Crippen molar-refractivity contribution < 1.29 is 9.18 Å². The van der Waals surface area contributed by atoms with Crippen LogP contribution in [0.4, 0.5) is 15.8 Å². The van der Waals surface area contributed by atoms with Crippen LogP contribution in [0.2, 0.25) is 5.02 Å². The number of rotatable bonds is 3. The summed E-state index contributed by atoms with van der Waals surface area (Å²) in [7, 11) is 0. The highest BCUT2D eigenvalue weighted by Crippen LogP contribution is 2.34. The number of benzene rings is 2. The van der Waals surface area contributed by atoms with Gasteiger partial charge < -0.3 is 11.1 Å². The van der Waals surface area contributed by atoms with E-state index in [1.54, 1.807) is 12.1 Å². The number of carbonyl (C=O) groups is 1. The van der Waals surface area contributed by atoms with Gasteiger partial charge in [-0.3, -0.25) is 4.79 Å². The summed E-state index contributed by atoms with van der Waals surface area (Å²) in [6.07, 6.45) is 0. The maximum atomic E-state index is 13.0. The van der Waals surface area contributed by atoms with Crippen molar-refractivity contribution in [2.45, 2.75) is 0 Å². The molecule has 0 bridgehead atoms. The highest BCUT2D eigenvalue weighted by atomic mass is 35.5. The van der Waals surface area contributed by atoms with E-state index in [4.69, 9.17) is 17.3 Å². The number of hydrogen-bond donors (Lipinski definition) is 2. The van der Waals surface area contributed by atoms with Crippen LogP contribution in [0.25, 0.3) is 21.5 Å². The van der Waals surface area contributed by atoms with Gasteiger partial charge in [-0.1, -0.05) is 23.7 Å². The van der Waals surface area contributed by atoms with E-state index in [1.165, 1.54) is 35.6 Å². The van der Waals surface area contributed by atoms with E-state index >= 15 is 0 Å². The molecule has 3 N–H and O–H groups in total. The number of hydrogen-bond acceptors (Lipinski definition) is 4. The van der Waals surface area contributed by atoms with Gasteiger partial charge in [-0.05, 0) is 48.5 Å². The third kappa shape index (κ3) is 3.49. The maximum Gasteiger partial charge on any atom is 0.267 e. The van der Waals surface area contributed by atoms with Crippen molar-refractivity contribution in [3.05, 3.63) is 76.4 Å². The fourth-order valence-corrected chi connectivity index (χ4v) is 3.78. The third-order valence-electron chi connectivity index (χ3n) is 4.04. The summed E-state index contributed by atoms with van der Waals surface area (Å²) in [6, 6.07) is 16.6. The first-order valence-corrected chi connectivity index (χ1v) is 9.22. The molecule has 0 unspecified atom stereocenters. The molecular weight excluding hydrogens is 385 g/mol. The van der Waals surface area contributed by atoms with Crippen molar-refractivity contribution in [3.8, 4) is 11.3 Å². The van der Waals surface area contributed by atoms with Gasteiger partial charge in [0.15, 0.2) is 0 Å². The van der Waals surface area contributed by atoms with Crippen LogP contribution in [0, 0.1) is 5.82 Å². The van der Waals surface area contributed by atoms with Gasteiger partial charge in [-0.2, -0.15) is 0 Å². The summed E-state index contributed by atoms with van der Waals surface area (Å²) in [5, 5.41) is 4.10. The van der Waals surface area contributed by atoms with E-state index in [0.717, 1.165) is 16.6 Å². The summed E-state index contributed by atoms with van der Waals surface area (Å²) in [5.41, 5.74) is 8.72. The summed E-state index contributed by atoms with van der Waals surface area (Å²) in [4.78, 5) is 18.2. The molecule has 0 saturated heterocycles. The molecule has 0 saturated carbocycles. The molecule has 1 amide bonds. The molecule has 2 aromatic heterocycles. The molecule has 0 spiro atoms. The largest absolute Gasteiger partial charge is 0.397 e. The van der Waals surface area contributed by atoms with Crippen LogP contribution in [0.1, 0.15) is 9.67 Å². The average molecular weight is 398 g/mol. The molecule has 0 radical (unpaired) electrons. The Labute approximate surface area is 163 Å². The zero-order chi connectivity index (χ0) is 19.0. The zero-order valence-corrected chi connectivity index (χ0v) is 15.4. The Morgan fingerprint density at radius 3 is 2.44 bits per heavy atom. The fourth-order valence-electron chi connectivity index (χ4n) is 2.67. The van der Waals surface area contributed by atoms with Gasteiger partial charge in [0.25, 0.3) is 5.91 Å². The topological polar surface area (TPSA) is 68.0 Å². The van der Waals surface area contributed by atoms with E-state index in [1.807, 2.05) is 24.3 Å². The Morgan fingerprint density at radius 2 is 1.74 bits per heavy atom. The standard InChI is InChI=1S/C20H13ClFN3OS/c21-12-3-1-11(2-4-12)16-10-9-15-17(23)18(27-20(15)25-16)19(26)24-14-7-5-13(22)6-8-14/h1-10H,23H2,(H,24,26). The van der Waals surface area contributed by atoms with Crippen molar-refractivity contribution in [2.24, 2.45) is 0 Å². The first kappa shape index (κ1) is 17.5. The molecule has 0 atom stereocenters. The second-order valence-corrected chi connectivity index (χ2v) is 7.30. The fraction of sp³-hybridized carbons (Fsp3) is 0. The molecule has 2 aromatic carbocycles. The number of fused-ring (bicyclic) bond motifs is 1. The van der Waals surface area contributed by atoms with Crippen LogP contribution >= 0.6 is 22.9 Å². The number of anilines is 2. The molecule has 2 heterocycles. The second kappa shape index (κ2) is 6.98. The Hall–Kier alpha value is -2.96. The molecule has 0 aliphatic carbocycles. The van der Waals surface area contributed by atoms with Crippen molar-refractivity contribution >= 4 is 50.4 Å². The number of pyridine rings is 1. The summed E-state index contributed by atoms with van der Waals surface area (Å²) >= 11 is 7.15. The monoisotopic (exact) mass is 397 g/mol. The number of nitrogen functional groups attached to an aromatic ring is 1. The second-order valence-electron chi connectivity index (χ2n) is 5.86. The number of nitrogens with zero attached hydrogens (tertiary/aromatic N) is 1. The Kier molecular flexibility index (Phi) is 4.51. The lowest BCUT2D eigenvalue weighted by atomic mass is 10.1. The number of nitrogens with one attached hydrogen (secondary N) is 1. The molecule has 0 aliphatic heterocycles. The van der Waals surface area contributed by atoms with Crippen LogP contribution in [-0.2, 0) is 0 Å². The van der Waals surface area contributed by atoms with Gasteiger partial charge in [-0.25, -0.2) is 9.37 Å². The van der Waals surface area contributed by atoms with Crippen molar-refractivity contribution in [3.63, 3.8) is 0 Å². The first-order valence-electron chi connectivity index (χ1n) is 8.03. The highest BCUT2D eigenvalue weighted by Gasteiger charge is 2.18. The minimum Gasteiger partial charge on any atom is -0.397 e. The number of halogens is 2. The van der Waals surface area contributed by atoms with Gasteiger partial charge in [0.05, 0.1) is 11.4 Å². The van der Waals surface area contributed by atoms with Crippen molar-refractivity contribution in [1.82, 2.24) is 4.98 Å².